The molecule has 1 amide bonds. The Balaban J connectivity index is 2.07. The molecule has 9 heteroatoms. The molecule has 2 rings (SSSR count). The number of nitrogens with two attached hydrogens (primary N) is 1. The second-order valence-corrected chi connectivity index (χ2v) is 6.87. The molecule has 0 aliphatic rings. The van der Waals surface area contributed by atoms with Crippen molar-refractivity contribution in [2.45, 2.75) is 17.9 Å². The molecule has 2 aromatic rings. The van der Waals surface area contributed by atoms with Crippen LogP contribution in [0.25, 0.3) is 0 Å². The van der Waals surface area contributed by atoms with Gasteiger partial charge >= 0.3 is 0 Å². The molecule has 6 nitrogen and oxygen atoms in total. The summed E-state index contributed by atoms with van der Waals surface area (Å²) in [7, 11) is -3.87. The lowest BCUT2D eigenvalue weighted by Crippen LogP contribution is -2.30. The van der Waals surface area contributed by atoms with Gasteiger partial charge in [-0.3, -0.25) is 4.79 Å². The molecular weight excluding hydrogens is 359 g/mol. The molecule has 0 radical (unpaired) electrons. The van der Waals surface area contributed by atoms with Gasteiger partial charge in [0.05, 0.1) is 9.92 Å². The number of carbonyl (C=O) groups excluding carboxylic acids is 1. The van der Waals surface area contributed by atoms with Crippen LogP contribution in [0.15, 0.2) is 47.4 Å². The predicted octanol–water partition coefficient (Wildman–Crippen LogP) is 2.53. The van der Waals surface area contributed by atoms with Crippen molar-refractivity contribution in [1.82, 2.24) is 0 Å². The van der Waals surface area contributed by atoms with E-state index in [9.17, 15) is 17.6 Å². The lowest BCUT2D eigenvalue weighted by atomic mass is 10.3. The highest BCUT2D eigenvalue weighted by atomic mass is 35.5. The standard InChI is InChI=1S/C15H14ClFN2O4S/c1-9(23-11-5-6-14(17)13(16)8-11)15(20)19-10-3-2-4-12(7-10)24(18,21)22/h2-9H,1H3,(H,19,20)(H2,18,21,22)/t9-/m0/s1. The van der Waals surface area contributed by atoms with Gasteiger partial charge in [-0.2, -0.15) is 0 Å². The van der Waals surface area contributed by atoms with E-state index >= 15 is 0 Å². The summed E-state index contributed by atoms with van der Waals surface area (Å²) in [4.78, 5) is 12.0. The molecule has 0 saturated heterocycles. The molecule has 0 spiro atoms. The summed E-state index contributed by atoms with van der Waals surface area (Å²) in [5.74, 6) is -0.898. The lowest BCUT2D eigenvalue weighted by molar-refractivity contribution is -0.122. The fourth-order valence-electron chi connectivity index (χ4n) is 1.80. The third kappa shape index (κ3) is 4.67. The molecule has 0 bridgehead atoms. The van der Waals surface area contributed by atoms with Crippen molar-refractivity contribution < 1.29 is 22.3 Å². The van der Waals surface area contributed by atoms with Crippen LogP contribution in [0.1, 0.15) is 6.92 Å². The average Bonchev–Trinajstić information content (AvgIpc) is 2.50. The first-order chi connectivity index (χ1) is 11.2. The first-order valence-corrected chi connectivity index (χ1v) is 8.64. The highest BCUT2D eigenvalue weighted by molar-refractivity contribution is 7.89. The van der Waals surface area contributed by atoms with Gasteiger partial charge in [-0.15, -0.1) is 0 Å². The van der Waals surface area contributed by atoms with E-state index in [0.29, 0.717) is 0 Å². The van der Waals surface area contributed by atoms with Crippen LogP contribution in [0.5, 0.6) is 5.75 Å². The molecule has 0 fully saturated rings. The van der Waals surface area contributed by atoms with Crippen LogP contribution >= 0.6 is 11.6 Å². The summed E-state index contributed by atoms with van der Waals surface area (Å²) in [6, 6.07) is 9.21. The molecule has 0 heterocycles. The molecule has 0 unspecified atom stereocenters. The first kappa shape index (κ1) is 18.2. The van der Waals surface area contributed by atoms with Crippen LogP contribution in [0, 0.1) is 5.82 Å². The number of rotatable bonds is 5. The molecule has 3 N–H and O–H groups in total. The number of amides is 1. The Morgan fingerprint density at radius 1 is 1.29 bits per heavy atom. The third-order valence-corrected chi connectivity index (χ3v) is 4.20. The van der Waals surface area contributed by atoms with Crippen molar-refractivity contribution in [2.75, 3.05) is 5.32 Å². The highest BCUT2D eigenvalue weighted by Crippen LogP contribution is 2.22. The Bertz CT molecular complexity index is 874. The Morgan fingerprint density at radius 2 is 2.00 bits per heavy atom. The zero-order valence-electron chi connectivity index (χ0n) is 12.5. The predicted molar refractivity (Wildman–Crippen MR) is 87.9 cm³/mol. The Hall–Kier alpha value is -2.16. The number of nitrogens with one attached hydrogen (secondary N) is 1. The number of anilines is 1. The summed E-state index contributed by atoms with van der Waals surface area (Å²) >= 11 is 5.64. The van der Waals surface area contributed by atoms with Crippen LogP contribution in [0.4, 0.5) is 10.1 Å². The molecule has 2 aromatic carbocycles. The van der Waals surface area contributed by atoms with Gasteiger partial charge in [0.25, 0.3) is 5.91 Å². The molecule has 24 heavy (non-hydrogen) atoms. The van der Waals surface area contributed by atoms with Crippen molar-refractivity contribution in [3.63, 3.8) is 0 Å². The first-order valence-electron chi connectivity index (χ1n) is 6.72. The number of hydrogen-bond donors (Lipinski definition) is 2. The minimum absolute atomic E-state index is 0.124. The van der Waals surface area contributed by atoms with E-state index in [1.807, 2.05) is 0 Å². The van der Waals surface area contributed by atoms with Gasteiger partial charge in [0, 0.05) is 11.8 Å². The highest BCUT2D eigenvalue weighted by Gasteiger charge is 2.16. The van der Waals surface area contributed by atoms with Crippen molar-refractivity contribution in [2.24, 2.45) is 5.14 Å². The maximum atomic E-state index is 13.1. The molecular formula is C15H14ClFN2O4S. The number of halogens is 2. The quantitative estimate of drug-likeness (QED) is 0.842. The largest absolute Gasteiger partial charge is 0.481 e. The summed E-state index contributed by atoms with van der Waals surface area (Å²) in [6.07, 6.45) is -0.926. The fraction of sp³-hybridized carbons (Fsp3) is 0.133. The molecule has 1 atom stereocenters. The SMILES string of the molecule is C[C@H](Oc1ccc(F)c(Cl)c1)C(=O)Nc1cccc(S(N)(=O)=O)c1. The van der Waals surface area contributed by atoms with Crippen molar-refractivity contribution in [3.8, 4) is 5.75 Å². The van der Waals surface area contributed by atoms with Crippen LogP contribution in [-0.4, -0.2) is 20.4 Å². The molecule has 0 aliphatic carbocycles. The average molecular weight is 373 g/mol. The summed E-state index contributed by atoms with van der Waals surface area (Å²) in [5.41, 5.74) is 0.249. The van der Waals surface area contributed by atoms with Crippen molar-refractivity contribution >= 4 is 33.2 Å². The Kier molecular flexibility index (Phi) is 5.43. The van der Waals surface area contributed by atoms with Gasteiger partial charge in [0.1, 0.15) is 11.6 Å². The Labute approximate surface area is 143 Å². The minimum Gasteiger partial charge on any atom is -0.481 e. The third-order valence-electron chi connectivity index (χ3n) is 3.00. The van der Waals surface area contributed by atoms with Crippen molar-refractivity contribution in [1.29, 1.82) is 0 Å². The zero-order valence-corrected chi connectivity index (χ0v) is 14.1. The number of carbonyl (C=O) groups is 1. The smallest absolute Gasteiger partial charge is 0.265 e. The number of hydrogen-bond acceptors (Lipinski definition) is 4. The monoisotopic (exact) mass is 372 g/mol. The van der Waals surface area contributed by atoms with Gasteiger partial charge in [-0.1, -0.05) is 17.7 Å². The Morgan fingerprint density at radius 3 is 2.62 bits per heavy atom. The van der Waals surface area contributed by atoms with Crippen molar-refractivity contribution in [3.05, 3.63) is 53.3 Å². The molecule has 0 saturated carbocycles. The van der Waals surface area contributed by atoms with E-state index in [1.165, 1.54) is 43.3 Å². The van der Waals surface area contributed by atoms with Gasteiger partial charge in [-0.05, 0) is 37.3 Å². The molecule has 0 aliphatic heterocycles. The zero-order chi connectivity index (χ0) is 17.9. The van der Waals surface area contributed by atoms with E-state index in [0.717, 1.165) is 6.07 Å². The van der Waals surface area contributed by atoms with Crippen LogP contribution in [0.2, 0.25) is 5.02 Å². The minimum atomic E-state index is -3.87. The number of primary sulfonamides is 1. The van der Waals surface area contributed by atoms with Crippen LogP contribution in [-0.2, 0) is 14.8 Å². The topological polar surface area (TPSA) is 98.5 Å². The maximum Gasteiger partial charge on any atom is 0.265 e. The number of benzene rings is 2. The summed E-state index contributed by atoms with van der Waals surface area (Å²) < 4.78 is 41.1. The number of ether oxygens (including phenoxy) is 1. The van der Waals surface area contributed by atoms with Gasteiger partial charge in [0.2, 0.25) is 10.0 Å². The van der Waals surface area contributed by atoms with Gasteiger partial charge in [-0.25, -0.2) is 17.9 Å². The second kappa shape index (κ2) is 7.16. The van der Waals surface area contributed by atoms with Crippen LogP contribution < -0.4 is 15.2 Å². The summed E-state index contributed by atoms with van der Waals surface area (Å²) in [6.45, 7) is 1.48. The van der Waals surface area contributed by atoms with E-state index < -0.39 is 27.9 Å². The van der Waals surface area contributed by atoms with E-state index in [-0.39, 0.29) is 21.4 Å². The van der Waals surface area contributed by atoms with E-state index in [1.54, 1.807) is 0 Å². The molecule has 128 valence electrons. The molecule has 0 aromatic heterocycles. The van der Waals surface area contributed by atoms with E-state index in [4.69, 9.17) is 21.5 Å². The fourth-order valence-corrected chi connectivity index (χ4v) is 2.53. The van der Waals surface area contributed by atoms with E-state index in [2.05, 4.69) is 5.32 Å². The second-order valence-electron chi connectivity index (χ2n) is 4.90. The maximum absolute atomic E-state index is 13.1. The summed E-state index contributed by atoms with van der Waals surface area (Å²) in [5, 5.41) is 7.42. The normalized spacial score (nSPS) is 12.5. The van der Waals surface area contributed by atoms with Gasteiger partial charge in [0.15, 0.2) is 6.10 Å². The van der Waals surface area contributed by atoms with Crippen LogP contribution in [0.3, 0.4) is 0 Å². The lowest BCUT2D eigenvalue weighted by Gasteiger charge is -2.15. The number of sulfonamides is 1. The van der Waals surface area contributed by atoms with Gasteiger partial charge < -0.3 is 10.1 Å².